The summed E-state index contributed by atoms with van der Waals surface area (Å²) in [5.41, 5.74) is 2.60. The van der Waals surface area contributed by atoms with Crippen LogP contribution >= 0.6 is 0 Å². The number of hydrogen-bond acceptors (Lipinski definition) is 6. The van der Waals surface area contributed by atoms with Gasteiger partial charge in [0, 0.05) is 31.0 Å². The average molecular weight is 401 g/mol. The molecule has 150 valence electrons. The van der Waals surface area contributed by atoms with E-state index in [2.05, 4.69) is 20.6 Å². The number of nitrogens with one attached hydrogen (secondary N) is 2. The van der Waals surface area contributed by atoms with Crippen LogP contribution in [0.4, 0.5) is 0 Å². The van der Waals surface area contributed by atoms with E-state index >= 15 is 0 Å². The van der Waals surface area contributed by atoms with Gasteiger partial charge in [-0.2, -0.15) is 5.26 Å². The van der Waals surface area contributed by atoms with Crippen molar-refractivity contribution >= 4 is 11.8 Å². The zero-order valence-corrected chi connectivity index (χ0v) is 16.3. The molecule has 0 unspecified atom stereocenters. The van der Waals surface area contributed by atoms with Gasteiger partial charge in [0.1, 0.15) is 11.8 Å². The van der Waals surface area contributed by atoms with Crippen LogP contribution in [0.2, 0.25) is 0 Å². The van der Waals surface area contributed by atoms with E-state index in [1.165, 1.54) is 12.4 Å². The molecular formula is C22H19N5O3. The highest BCUT2D eigenvalue weighted by Crippen LogP contribution is 2.11. The molecule has 3 aromatic rings. The Kier molecular flexibility index (Phi) is 6.69. The SMILES string of the molecule is COc1ccc(CNC(=O)c2ccc(CNC(=O)c3cnc(C#N)nc3)cc2)cc1. The first-order chi connectivity index (χ1) is 14.6. The van der Waals surface area contributed by atoms with Crippen LogP contribution in [-0.4, -0.2) is 28.9 Å². The molecule has 0 spiro atoms. The van der Waals surface area contributed by atoms with Gasteiger partial charge in [-0.3, -0.25) is 9.59 Å². The number of benzene rings is 2. The van der Waals surface area contributed by atoms with E-state index < -0.39 is 0 Å². The third-order valence-electron chi connectivity index (χ3n) is 4.30. The lowest BCUT2D eigenvalue weighted by Gasteiger charge is -2.08. The van der Waals surface area contributed by atoms with Crippen LogP contribution in [0.25, 0.3) is 0 Å². The Morgan fingerprint density at radius 2 is 1.37 bits per heavy atom. The van der Waals surface area contributed by atoms with Gasteiger partial charge in [-0.1, -0.05) is 24.3 Å². The number of carbonyl (C=O) groups is 2. The minimum absolute atomic E-state index is 0.00686. The quantitative estimate of drug-likeness (QED) is 0.627. The maximum absolute atomic E-state index is 12.3. The number of nitriles is 1. The number of rotatable bonds is 7. The van der Waals surface area contributed by atoms with Crippen LogP contribution in [0.15, 0.2) is 60.9 Å². The summed E-state index contributed by atoms with van der Waals surface area (Å²) in [6.07, 6.45) is 2.61. The Balaban J connectivity index is 1.50. The van der Waals surface area contributed by atoms with Crippen molar-refractivity contribution in [1.82, 2.24) is 20.6 Å². The summed E-state index contributed by atoms with van der Waals surface area (Å²) < 4.78 is 5.11. The van der Waals surface area contributed by atoms with E-state index in [4.69, 9.17) is 10.00 Å². The molecule has 30 heavy (non-hydrogen) atoms. The molecule has 0 fully saturated rings. The van der Waals surface area contributed by atoms with Gasteiger partial charge < -0.3 is 15.4 Å². The molecule has 0 saturated heterocycles. The number of aromatic nitrogens is 2. The van der Waals surface area contributed by atoms with Gasteiger partial charge in [0.15, 0.2) is 0 Å². The van der Waals surface area contributed by atoms with Crippen LogP contribution in [-0.2, 0) is 13.1 Å². The predicted octanol–water partition coefficient (Wildman–Crippen LogP) is 2.22. The molecule has 2 aromatic carbocycles. The second-order valence-corrected chi connectivity index (χ2v) is 6.32. The van der Waals surface area contributed by atoms with Gasteiger partial charge in [-0.15, -0.1) is 0 Å². The number of ether oxygens (including phenoxy) is 1. The summed E-state index contributed by atoms with van der Waals surface area (Å²) >= 11 is 0. The Morgan fingerprint density at radius 1 is 0.867 bits per heavy atom. The van der Waals surface area contributed by atoms with Gasteiger partial charge >= 0.3 is 0 Å². The van der Waals surface area contributed by atoms with Crippen molar-refractivity contribution in [2.75, 3.05) is 7.11 Å². The molecule has 0 atom stereocenters. The predicted molar refractivity (Wildman–Crippen MR) is 109 cm³/mol. The number of amides is 2. The highest BCUT2D eigenvalue weighted by Gasteiger charge is 2.08. The number of nitrogens with zero attached hydrogens (tertiary/aromatic N) is 3. The first kappa shape index (κ1) is 20.5. The van der Waals surface area contributed by atoms with Gasteiger partial charge in [0.05, 0.1) is 12.7 Å². The summed E-state index contributed by atoms with van der Waals surface area (Å²) in [7, 11) is 1.60. The lowest BCUT2D eigenvalue weighted by molar-refractivity contribution is 0.0941. The molecule has 0 aliphatic carbocycles. The second-order valence-electron chi connectivity index (χ2n) is 6.32. The summed E-state index contributed by atoms with van der Waals surface area (Å²) in [5.74, 6) is 0.240. The van der Waals surface area contributed by atoms with Crippen molar-refractivity contribution in [3.63, 3.8) is 0 Å². The van der Waals surface area contributed by atoms with E-state index in [0.717, 1.165) is 16.9 Å². The van der Waals surface area contributed by atoms with Gasteiger partial charge in [0.2, 0.25) is 5.82 Å². The molecule has 0 aliphatic heterocycles. The Morgan fingerprint density at radius 3 is 1.87 bits per heavy atom. The minimum atomic E-state index is -0.346. The van der Waals surface area contributed by atoms with Crippen molar-refractivity contribution < 1.29 is 14.3 Å². The second kappa shape index (κ2) is 9.80. The number of methoxy groups -OCH3 is 1. The van der Waals surface area contributed by atoms with Gasteiger partial charge in [-0.05, 0) is 35.4 Å². The Hall–Kier alpha value is -4.25. The molecule has 1 aromatic heterocycles. The zero-order chi connectivity index (χ0) is 21.3. The van der Waals surface area contributed by atoms with Crippen molar-refractivity contribution in [3.05, 3.63) is 89.0 Å². The Labute approximate surface area is 173 Å². The normalized spacial score (nSPS) is 10.0. The van der Waals surface area contributed by atoms with E-state index in [1.54, 1.807) is 37.4 Å². The van der Waals surface area contributed by atoms with Crippen LogP contribution < -0.4 is 15.4 Å². The fourth-order valence-corrected chi connectivity index (χ4v) is 2.59. The fourth-order valence-electron chi connectivity index (χ4n) is 2.59. The molecule has 0 bridgehead atoms. The maximum atomic E-state index is 12.3. The lowest BCUT2D eigenvalue weighted by atomic mass is 10.1. The lowest BCUT2D eigenvalue weighted by Crippen LogP contribution is -2.24. The summed E-state index contributed by atoms with van der Waals surface area (Å²) in [5, 5.41) is 14.3. The molecule has 8 nitrogen and oxygen atoms in total. The fraction of sp³-hybridized carbons (Fsp3) is 0.136. The molecule has 2 amide bonds. The van der Waals surface area contributed by atoms with E-state index in [1.807, 2.05) is 24.3 Å². The summed E-state index contributed by atoms with van der Waals surface area (Å²) in [4.78, 5) is 32.0. The first-order valence-electron chi connectivity index (χ1n) is 9.09. The van der Waals surface area contributed by atoms with Crippen LogP contribution in [0.5, 0.6) is 5.75 Å². The van der Waals surface area contributed by atoms with Crippen LogP contribution in [0.3, 0.4) is 0 Å². The topological polar surface area (TPSA) is 117 Å². The monoisotopic (exact) mass is 401 g/mol. The summed E-state index contributed by atoms with van der Waals surface area (Å²) in [6.45, 7) is 0.694. The third-order valence-corrected chi connectivity index (χ3v) is 4.30. The molecule has 8 heteroatoms. The van der Waals surface area contributed by atoms with Crippen molar-refractivity contribution in [2.24, 2.45) is 0 Å². The van der Waals surface area contributed by atoms with Gasteiger partial charge in [0.25, 0.3) is 11.8 Å². The van der Waals surface area contributed by atoms with Gasteiger partial charge in [-0.25, -0.2) is 9.97 Å². The van der Waals surface area contributed by atoms with E-state index in [0.29, 0.717) is 12.1 Å². The number of carbonyl (C=O) groups excluding carboxylic acids is 2. The molecule has 0 saturated carbocycles. The molecule has 3 rings (SSSR count). The molecule has 2 N–H and O–H groups in total. The molecule has 0 radical (unpaired) electrons. The first-order valence-corrected chi connectivity index (χ1v) is 9.09. The number of hydrogen-bond donors (Lipinski definition) is 2. The average Bonchev–Trinajstić information content (AvgIpc) is 2.81. The van der Waals surface area contributed by atoms with Crippen LogP contribution in [0.1, 0.15) is 37.7 Å². The maximum Gasteiger partial charge on any atom is 0.254 e. The highest BCUT2D eigenvalue weighted by atomic mass is 16.5. The molecule has 1 heterocycles. The zero-order valence-electron chi connectivity index (χ0n) is 16.3. The smallest absolute Gasteiger partial charge is 0.254 e. The van der Waals surface area contributed by atoms with Crippen molar-refractivity contribution in [3.8, 4) is 11.8 Å². The minimum Gasteiger partial charge on any atom is -0.497 e. The van der Waals surface area contributed by atoms with Crippen molar-refractivity contribution in [2.45, 2.75) is 13.1 Å². The molecule has 0 aliphatic rings. The standard InChI is InChI=1S/C22H19N5O3/c1-30-19-8-4-16(5-9-19)12-26-21(28)17-6-2-15(3-7-17)11-27-22(29)18-13-24-20(10-23)25-14-18/h2-9,13-14H,11-12H2,1H3,(H,26,28)(H,27,29). The largest absolute Gasteiger partial charge is 0.497 e. The van der Waals surface area contributed by atoms with Crippen molar-refractivity contribution in [1.29, 1.82) is 5.26 Å². The van der Waals surface area contributed by atoms with Crippen LogP contribution in [0, 0.1) is 11.3 Å². The highest BCUT2D eigenvalue weighted by molar-refractivity contribution is 5.94. The van der Waals surface area contributed by atoms with E-state index in [-0.39, 0.29) is 29.7 Å². The molecular weight excluding hydrogens is 382 g/mol. The Bertz CT molecular complexity index is 1060. The summed E-state index contributed by atoms with van der Waals surface area (Å²) in [6, 6.07) is 16.2. The van der Waals surface area contributed by atoms with E-state index in [9.17, 15) is 9.59 Å². The third kappa shape index (κ3) is 5.39.